The Morgan fingerprint density at radius 3 is 2.50 bits per heavy atom. The minimum absolute atomic E-state index is 0.153. The van der Waals surface area contributed by atoms with E-state index >= 15 is 0 Å². The maximum Gasteiger partial charge on any atom is 0.340 e. The van der Waals surface area contributed by atoms with Crippen molar-refractivity contribution in [3.8, 4) is 0 Å². The second-order valence-corrected chi connectivity index (χ2v) is 5.98. The third-order valence-corrected chi connectivity index (χ3v) is 3.84. The van der Waals surface area contributed by atoms with Gasteiger partial charge in [0.25, 0.3) is 0 Å². The lowest BCUT2D eigenvalue weighted by Gasteiger charge is -2.10. The van der Waals surface area contributed by atoms with Crippen molar-refractivity contribution < 1.29 is 14.3 Å². The van der Waals surface area contributed by atoms with E-state index in [2.05, 4.69) is 15.3 Å². The van der Waals surface area contributed by atoms with Gasteiger partial charge in [-0.05, 0) is 39.0 Å². The number of aromatic nitrogens is 2. The number of esters is 1. The number of nitrogens with one attached hydrogen (secondary N) is 1. The number of carbonyl (C=O) groups excluding carboxylic acids is 2. The highest BCUT2D eigenvalue weighted by atomic mass is 32.2. The molecule has 1 aromatic heterocycles. The summed E-state index contributed by atoms with van der Waals surface area (Å²) in [5.74, 6) is -0.543. The molecule has 24 heavy (non-hydrogen) atoms. The van der Waals surface area contributed by atoms with Gasteiger partial charge < -0.3 is 10.1 Å². The summed E-state index contributed by atoms with van der Waals surface area (Å²) in [5.41, 5.74) is 2.49. The number of carbonyl (C=O) groups is 2. The van der Waals surface area contributed by atoms with E-state index in [4.69, 9.17) is 4.74 Å². The molecule has 126 valence electrons. The van der Waals surface area contributed by atoms with E-state index in [9.17, 15) is 9.59 Å². The zero-order valence-electron chi connectivity index (χ0n) is 13.8. The summed E-state index contributed by atoms with van der Waals surface area (Å²) in [5, 5.41) is 3.29. The summed E-state index contributed by atoms with van der Waals surface area (Å²) in [6.45, 7) is 5.78. The minimum atomic E-state index is -0.460. The first-order chi connectivity index (χ1) is 11.5. The molecule has 0 atom stereocenters. The Morgan fingerprint density at radius 2 is 1.83 bits per heavy atom. The summed E-state index contributed by atoms with van der Waals surface area (Å²) < 4.78 is 4.99. The molecule has 1 N–H and O–H groups in total. The molecule has 0 aliphatic carbocycles. The highest BCUT2D eigenvalue weighted by molar-refractivity contribution is 7.99. The molecule has 0 bridgehead atoms. The number of anilines is 1. The Morgan fingerprint density at radius 1 is 1.17 bits per heavy atom. The molecule has 2 aromatic rings. The van der Waals surface area contributed by atoms with Crippen molar-refractivity contribution >= 4 is 29.3 Å². The third kappa shape index (κ3) is 5.06. The standard InChI is InChI=1S/C17H19N3O3S/c1-4-23-16(22)13-7-5-6-8-14(13)20-15(21)10-24-17-18-11(2)9-12(3)19-17/h5-9H,4,10H2,1-3H3,(H,20,21). The van der Waals surface area contributed by atoms with Crippen LogP contribution in [0.4, 0.5) is 5.69 Å². The van der Waals surface area contributed by atoms with Crippen molar-refractivity contribution in [3.63, 3.8) is 0 Å². The molecule has 0 aliphatic rings. The molecule has 0 radical (unpaired) electrons. The first-order valence-electron chi connectivity index (χ1n) is 7.50. The Kier molecular flexibility index (Phi) is 6.31. The molecule has 0 fully saturated rings. The van der Waals surface area contributed by atoms with Gasteiger partial charge in [-0.2, -0.15) is 0 Å². The van der Waals surface area contributed by atoms with Gasteiger partial charge in [0.05, 0.1) is 23.6 Å². The molecule has 1 heterocycles. The molecule has 7 heteroatoms. The SMILES string of the molecule is CCOC(=O)c1ccccc1NC(=O)CSc1nc(C)cc(C)n1. The highest BCUT2D eigenvalue weighted by Gasteiger charge is 2.14. The molecule has 0 saturated carbocycles. The van der Waals surface area contributed by atoms with Crippen LogP contribution >= 0.6 is 11.8 Å². The predicted octanol–water partition coefficient (Wildman–Crippen LogP) is 3.00. The molecular formula is C17H19N3O3S. The van der Waals surface area contributed by atoms with Crippen molar-refractivity contribution in [2.75, 3.05) is 17.7 Å². The fourth-order valence-corrected chi connectivity index (χ4v) is 2.80. The maximum atomic E-state index is 12.1. The molecule has 1 aromatic carbocycles. The summed E-state index contributed by atoms with van der Waals surface area (Å²) in [6, 6.07) is 8.63. The zero-order chi connectivity index (χ0) is 17.5. The average Bonchev–Trinajstić information content (AvgIpc) is 2.53. The first kappa shape index (κ1) is 17.9. The van der Waals surface area contributed by atoms with Crippen LogP contribution in [0, 0.1) is 13.8 Å². The number of amides is 1. The van der Waals surface area contributed by atoms with Crippen LogP contribution in [0.25, 0.3) is 0 Å². The van der Waals surface area contributed by atoms with Crippen LogP contribution in [0.3, 0.4) is 0 Å². The number of ether oxygens (including phenoxy) is 1. The second kappa shape index (κ2) is 8.44. The molecule has 2 rings (SSSR count). The van der Waals surface area contributed by atoms with E-state index in [1.807, 2.05) is 19.9 Å². The summed E-state index contributed by atoms with van der Waals surface area (Å²) in [7, 11) is 0. The Labute approximate surface area is 145 Å². The van der Waals surface area contributed by atoms with Gasteiger partial charge in [-0.3, -0.25) is 4.79 Å². The smallest absolute Gasteiger partial charge is 0.340 e. The van der Waals surface area contributed by atoms with Gasteiger partial charge in [-0.25, -0.2) is 14.8 Å². The lowest BCUT2D eigenvalue weighted by molar-refractivity contribution is -0.113. The Balaban J connectivity index is 2.01. The van der Waals surface area contributed by atoms with Crippen LogP contribution in [0.2, 0.25) is 0 Å². The number of nitrogens with zero attached hydrogens (tertiary/aromatic N) is 2. The number of benzene rings is 1. The summed E-state index contributed by atoms with van der Waals surface area (Å²) >= 11 is 1.25. The monoisotopic (exact) mass is 345 g/mol. The van der Waals surface area contributed by atoms with Gasteiger partial charge in [0, 0.05) is 11.4 Å². The quantitative estimate of drug-likeness (QED) is 0.492. The number of hydrogen-bond acceptors (Lipinski definition) is 6. The van der Waals surface area contributed by atoms with E-state index in [-0.39, 0.29) is 18.3 Å². The van der Waals surface area contributed by atoms with Crippen molar-refractivity contribution in [1.82, 2.24) is 9.97 Å². The van der Waals surface area contributed by atoms with E-state index in [1.54, 1.807) is 31.2 Å². The lowest BCUT2D eigenvalue weighted by atomic mass is 10.2. The number of rotatable bonds is 6. The van der Waals surface area contributed by atoms with Gasteiger partial charge in [0.2, 0.25) is 5.91 Å². The molecule has 0 unspecified atom stereocenters. The molecule has 6 nitrogen and oxygen atoms in total. The fraction of sp³-hybridized carbons (Fsp3) is 0.294. The van der Waals surface area contributed by atoms with E-state index in [0.29, 0.717) is 16.4 Å². The van der Waals surface area contributed by atoms with E-state index < -0.39 is 5.97 Å². The third-order valence-electron chi connectivity index (χ3n) is 2.99. The van der Waals surface area contributed by atoms with Gasteiger partial charge in [-0.15, -0.1) is 0 Å². The largest absolute Gasteiger partial charge is 0.462 e. The number of para-hydroxylation sites is 1. The summed E-state index contributed by atoms with van der Waals surface area (Å²) in [4.78, 5) is 32.6. The van der Waals surface area contributed by atoms with Gasteiger partial charge in [0.15, 0.2) is 5.16 Å². The number of hydrogen-bond donors (Lipinski definition) is 1. The Bertz CT molecular complexity index is 729. The van der Waals surface area contributed by atoms with Gasteiger partial charge in [-0.1, -0.05) is 23.9 Å². The average molecular weight is 345 g/mol. The summed E-state index contributed by atoms with van der Waals surface area (Å²) in [6.07, 6.45) is 0. The van der Waals surface area contributed by atoms with Crippen LogP contribution in [0.5, 0.6) is 0 Å². The van der Waals surface area contributed by atoms with Crippen LogP contribution in [-0.4, -0.2) is 34.2 Å². The topological polar surface area (TPSA) is 81.2 Å². The minimum Gasteiger partial charge on any atom is -0.462 e. The molecule has 0 saturated heterocycles. The fourth-order valence-electron chi connectivity index (χ4n) is 2.05. The second-order valence-electron chi connectivity index (χ2n) is 5.04. The van der Waals surface area contributed by atoms with Gasteiger partial charge >= 0.3 is 5.97 Å². The van der Waals surface area contributed by atoms with Crippen LogP contribution in [-0.2, 0) is 9.53 Å². The predicted molar refractivity (Wildman–Crippen MR) is 93.3 cm³/mol. The normalized spacial score (nSPS) is 10.3. The van der Waals surface area contributed by atoms with Crippen LogP contribution in [0.15, 0.2) is 35.5 Å². The number of thioether (sulfide) groups is 1. The zero-order valence-corrected chi connectivity index (χ0v) is 14.6. The molecule has 0 spiro atoms. The maximum absolute atomic E-state index is 12.1. The van der Waals surface area contributed by atoms with E-state index in [0.717, 1.165) is 11.4 Å². The highest BCUT2D eigenvalue weighted by Crippen LogP contribution is 2.18. The first-order valence-corrected chi connectivity index (χ1v) is 8.49. The molecular weight excluding hydrogens is 326 g/mol. The molecule has 1 amide bonds. The molecule has 0 aliphatic heterocycles. The lowest BCUT2D eigenvalue weighted by Crippen LogP contribution is -2.17. The van der Waals surface area contributed by atoms with Crippen molar-refractivity contribution in [2.45, 2.75) is 25.9 Å². The van der Waals surface area contributed by atoms with E-state index in [1.165, 1.54) is 11.8 Å². The van der Waals surface area contributed by atoms with Crippen molar-refractivity contribution in [3.05, 3.63) is 47.3 Å². The van der Waals surface area contributed by atoms with Gasteiger partial charge in [0.1, 0.15) is 0 Å². The van der Waals surface area contributed by atoms with Crippen LogP contribution < -0.4 is 5.32 Å². The van der Waals surface area contributed by atoms with Crippen molar-refractivity contribution in [2.24, 2.45) is 0 Å². The Hall–Kier alpha value is -2.41. The van der Waals surface area contributed by atoms with Crippen LogP contribution in [0.1, 0.15) is 28.7 Å². The van der Waals surface area contributed by atoms with Crippen molar-refractivity contribution in [1.29, 1.82) is 0 Å². The number of aryl methyl sites for hydroxylation is 2.